The molecular formula is C12H20N4O2. The molecule has 0 aliphatic heterocycles. The predicted molar refractivity (Wildman–Crippen MR) is 69.8 cm³/mol. The van der Waals surface area contributed by atoms with Crippen molar-refractivity contribution < 1.29 is 9.94 Å². The van der Waals surface area contributed by atoms with E-state index in [1.54, 1.807) is 13.3 Å². The van der Waals surface area contributed by atoms with E-state index in [9.17, 15) is 0 Å². The maximum Gasteiger partial charge on any atom is 0.212 e. The molecule has 0 radical (unpaired) electrons. The zero-order valence-corrected chi connectivity index (χ0v) is 10.6. The molecule has 0 fully saturated rings. The fourth-order valence-electron chi connectivity index (χ4n) is 1.48. The summed E-state index contributed by atoms with van der Waals surface area (Å²) in [7, 11) is 1.60. The summed E-state index contributed by atoms with van der Waals surface area (Å²) in [4.78, 5) is 4.12. The highest BCUT2D eigenvalue weighted by molar-refractivity contribution is 5.79. The zero-order valence-electron chi connectivity index (χ0n) is 10.6. The average Bonchev–Trinajstić information content (AvgIpc) is 2.43. The molecular weight excluding hydrogens is 232 g/mol. The Bertz CT molecular complexity index is 365. The molecule has 6 heteroatoms. The lowest BCUT2D eigenvalue weighted by atomic mass is 10.2. The molecule has 0 aliphatic rings. The minimum atomic E-state index is 0.286. The van der Waals surface area contributed by atoms with Gasteiger partial charge < -0.3 is 21.0 Å². The monoisotopic (exact) mass is 252 g/mol. The number of nitrogens with zero attached hydrogens (tertiary/aromatic N) is 2. The second kappa shape index (κ2) is 8.30. The molecule has 1 rings (SSSR count). The lowest BCUT2D eigenvalue weighted by Crippen LogP contribution is -2.16. The largest absolute Gasteiger partial charge is 0.481 e. The van der Waals surface area contributed by atoms with Crippen molar-refractivity contribution in [3.63, 3.8) is 0 Å². The third kappa shape index (κ3) is 5.49. The second-order valence-electron chi connectivity index (χ2n) is 3.93. The molecule has 0 spiro atoms. The zero-order chi connectivity index (χ0) is 13.2. The highest BCUT2D eigenvalue weighted by atomic mass is 16.5. The number of oxime groups is 1. The van der Waals surface area contributed by atoms with Gasteiger partial charge in [0.1, 0.15) is 5.84 Å². The van der Waals surface area contributed by atoms with Gasteiger partial charge in [0.05, 0.1) is 7.11 Å². The maximum absolute atomic E-state index is 8.36. The summed E-state index contributed by atoms with van der Waals surface area (Å²) in [5, 5.41) is 14.6. The number of nitrogens with one attached hydrogen (secondary N) is 1. The number of ether oxygens (including phenoxy) is 1. The number of amidine groups is 1. The molecule has 0 amide bonds. The number of pyridine rings is 1. The van der Waals surface area contributed by atoms with E-state index < -0.39 is 0 Å². The van der Waals surface area contributed by atoms with Gasteiger partial charge in [-0.05, 0) is 24.9 Å². The highest BCUT2D eigenvalue weighted by Crippen LogP contribution is 2.06. The standard InChI is InChI=1S/C12H20N4O2/c1-18-12-6-5-10(9-15-12)8-14-7-3-2-4-11(13)16-17/h5-6,9,14,17H,2-4,7-8H2,1H3,(H2,13,16). The van der Waals surface area contributed by atoms with Crippen LogP contribution in [0.15, 0.2) is 23.5 Å². The van der Waals surface area contributed by atoms with Gasteiger partial charge in [-0.2, -0.15) is 0 Å². The Balaban J connectivity index is 2.10. The SMILES string of the molecule is COc1ccc(CNCCCCC(N)=NO)cn1. The number of hydrogen-bond acceptors (Lipinski definition) is 5. The van der Waals surface area contributed by atoms with E-state index in [-0.39, 0.29) is 5.84 Å². The Morgan fingerprint density at radius 1 is 1.50 bits per heavy atom. The summed E-state index contributed by atoms with van der Waals surface area (Å²) in [5.41, 5.74) is 6.48. The number of rotatable bonds is 8. The quantitative estimate of drug-likeness (QED) is 0.212. The molecule has 6 nitrogen and oxygen atoms in total. The van der Waals surface area contributed by atoms with Gasteiger partial charge in [0.15, 0.2) is 0 Å². The summed E-state index contributed by atoms with van der Waals surface area (Å²) in [6, 6.07) is 3.82. The number of hydrogen-bond donors (Lipinski definition) is 3. The van der Waals surface area contributed by atoms with E-state index in [0.717, 1.165) is 31.5 Å². The molecule has 18 heavy (non-hydrogen) atoms. The minimum absolute atomic E-state index is 0.286. The number of unbranched alkanes of at least 4 members (excludes halogenated alkanes) is 1. The first-order valence-electron chi connectivity index (χ1n) is 5.92. The van der Waals surface area contributed by atoms with Crippen LogP contribution >= 0.6 is 0 Å². The second-order valence-corrected chi connectivity index (χ2v) is 3.93. The van der Waals surface area contributed by atoms with Crippen LogP contribution in [0, 0.1) is 0 Å². The molecule has 0 aliphatic carbocycles. The first-order valence-corrected chi connectivity index (χ1v) is 5.92. The van der Waals surface area contributed by atoms with Crippen LogP contribution in [-0.4, -0.2) is 29.7 Å². The lowest BCUT2D eigenvalue weighted by Gasteiger charge is -2.05. The third-order valence-corrected chi connectivity index (χ3v) is 2.50. The summed E-state index contributed by atoms with van der Waals surface area (Å²) in [6.45, 7) is 1.67. The highest BCUT2D eigenvalue weighted by Gasteiger charge is 1.96. The van der Waals surface area contributed by atoms with Crippen LogP contribution < -0.4 is 15.8 Å². The minimum Gasteiger partial charge on any atom is -0.481 e. The molecule has 1 aromatic heterocycles. The fraction of sp³-hybridized carbons (Fsp3) is 0.500. The topological polar surface area (TPSA) is 92.8 Å². The van der Waals surface area contributed by atoms with Gasteiger partial charge in [-0.1, -0.05) is 11.2 Å². The Morgan fingerprint density at radius 2 is 2.33 bits per heavy atom. The van der Waals surface area contributed by atoms with Gasteiger partial charge in [0, 0.05) is 25.2 Å². The molecule has 0 bridgehead atoms. The molecule has 1 heterocycles. The van der Waals surface area contributed by atoms with Crippen molar-refractivity contribution in [3.05, 3.63) is 23.9 Å². The van der Waals surface area contributed by atoms with Gasteiger partial charge >= 0.3 is 0 Å². The van der Waals surface area contributed by atoms with Gasteiger partial charge in [0.2, 0.25) is 5.88 Å². The van der Waals surface area contributed by atoms with Gasteiger partial charge in [-0.15, -0.1) is 0 Å². The van der Waals surface area contributed by atoms with Crippen LogP contribution in [-0.2, 0) is 6.54 Å². The van der Waals surface area contributed by atoms with Crippen molar-refractivity contribution in [3.8, 4) is 5.88 Å². The van der Waals surface area contributed by atoms with Crippen LogP contribution in [0.3, 0.4) is 0 Å². The molecule has 100 valence electrons. The van der Waals surface area contributed by atoms with Crippen molar-refractivity contribution in [2.24, 2.45) is 10.9 Å². The van der Waals surface area contributed by atoms with Crippen LogP contribution in [0.5, 0.6) is 5.88 Å². The van der Waals surface area contributed by atoms with Crippen LogP contribution in [0.4, 0.5) is 0 Å². The third-order valence-electron chi connectivity index (χ3n) is 2.50. The van der Waals surface area contributed by atoms with Crippen LogP contribution in [0.25, 0.3) is 0 Å². The van der Waals surface area contributed by atoms with Gasteiger partial charge in [-0.3, -0.25) is 0 Å². The van der Waals surface area contributed by atoms with E-state index >= 15 is 0 Å². The van der Waals surface area contributed by atoms with E-state index in [1.165, 1.54) is 0 Å². The molecule has 0 saturated heterocycles. The lowest BCUT2D eigenvalue weighted by molar-refractivity contribution is 0.316. The predicted octanol–water partition coefficient (Wildman–Crippen LogP) is 1.10. The molecule has 4 N–H and O–H groups in total. The van der Waals surface area contributed by atoms with Crippen molar-refractivity contribution in [1.29, 1.82) is 0 Å². The van der Waals surface area contributed by atoms with Crippen molar-refractivity contribution >= 4 is 5.84 Å². The average molecular weight is 252 g/mol. The van der Waals surface area contributed by atoms with Crippen LogP contribution in [0.1, 0.15) is 24.8 Å². The number of nitrogens with two attached hydrogens (primary N) is 1. The van der Waals surface area contributed by atoms with E-state index in [0.29, 0.717) is 12.3 Å². The summed E-state index contributed by atoms with van der Waals surface area (Å²) < 4.78 is 4.98. The summed E-state index contributed by atoms with van der Waals surface area (Å²) in [6.07, 6.45) is 4.31. The van der Waals surface area contributed by atoms with Gasteiger partial charge in [0.25, 0.3) is 0 Å². The van der Waals surface area contributed by atoms with Crippen molar-refractivity contribution in [2.75, 3.05) is 13.7 Å². The molecule has 0 saturated carbocycles. The van der Waals surface area contributed by atoms with Crippen molar-refractivity contribution in [2.45, 2.75) is 25.8 Å². The Hall–Kier alpha value is -1.82. The smallest absolute Gasteiger partial charge is 0.212 e. The summed E-state index contributed by atoms with van der Waals surface area (Å²) >= 11 is 0. The fourth-order valence-corrected chi connectivity index (χ4v) is 1.48. The molecule has 0 atom stereocenters. The number of aromatic nitrogens is 1. The van der Waals surface area contributed by atoms with E-state index in [1.807, 2.05) is 12.1 Å². The first kappa shape index (κ1) is 14.2. The maximum atomic E-state index is 8.36. The summed E-state index contributed by atoms with van der Waals surface area (Å²) in [5.74, 6) is 0.909. The molecule has 0 aromatic carbocycles. The van der Waals surface area contributed by atoms with Crippen LogP contribution in [0.2, 0.25) is 0 Å². The number of methoxy groups -OCH3 is 1. The molecule has 0 unspecified atom stereocenters. The Labute approximate surface area is 107 Å². The Kier molecular flexibility index (Phi) is 6.56. The van der Waals surface area contributed by atoms with E-state index in [2.05, 4.69) is 15.5 Å². The van der Waals surface area contributed by atoms with Crippen molar-refractivity contribution in [1.82, 2.24) is 10.3 Å². The molecule has 1 aromatic rings. The van der Waals surface area contributed by atoms with Gasteiger partial charge in [-0.25, -0.2) is 4.98 Å². The normalized spacial score (nSPS) is 11.5. The van der Waals surface area contributed by atoms with E-state index in [4.69, 9.17) is 15.7 Å². The Morgan fingerprint density at radius 3 is 2.94 bits per heavy atom. The first-order chi connectivity index (χ1) is 8.76.